The molecule has 0 bridgehead atoms. The summed E-state index contributed by atoms with van der Waals surface area (Å²) in [5, 5.41) is 47.4. The highest BCUT2D eigenvalue weighted by Crippen LogP contribution is 2.35. The third kappa shape index (κ3) is 3.77. The SMILES string of the molecule is NC(=O)[C@@H](Cc1ccc(O)cc1)c1cc(O)n(C[C@H](O)NO)c1O. The molecule has 2 rings (SSSR count). The monoisotopic (exact) mass is 337 g/mol. The van der Waals surface area contributed by atoms with E-state index in [4.69, 9.17) is 10.9 Å². The lowest BCUT2D eigenvalue weighted by atomic mass is 9.93. The average molecular weight is 337 g/mol. The molecule has 9 nitrogen and oxygen atoms in total. The summed E-state index contributed by atoms with van der Waals surface area (Å²) in [5.74, 6) is -2.40. The maximum absolute atomic E-state index is 11.8. The van der Waals surface area contributed by atoms with Crippen molar-refractivity contribution in [2.45, 2.75) is 25.1 Å². The van der Waals surface area contributed by atoms with Gasteiger partial charge in [-0.15, -0.1) is 0 Å². The highest BCUT2D eigenvalue weighted by molar-refractivity contribution is 5.83. The standard InChI is InChI=1S/C15H19N3O6/c16-14(22)10(5-8-1-3-9(19)4-2-8)11-6-13(21)18(15(11)23)7-12(20)17-24/h1-4,6,10,12,17,19-21,23-24H,5,7H2,(H2,16,22)/t10-,12-/m0/s1. The molecular formula is C15H19N3O6. The zero-order valence-electron chi connectivity index (χ0n) is 12.6. The molecule has 8 N–H and O–H groups in total. The number of rotatable bonds is 7. The van der Waals surface area contributed by atoms with Crippen molar-refractivity contribution in [1.29, 1.82) is 0 Å². The molecule has 24 heavy (non-hydrogen) atoms. The molecule has 0 radical (unpaired) electrons. The summed E-state index contributed by atoms with van der Waals surface area (Å²) in [6, 6.07) is 7.31. The Hall–Kier alpha value is -2.75. The Morgan fingerprint density at radius 2 is 1.83 bits per heavy atom. The Kier molecular flexibility index (Phi) is 5.29. The molecule has 0 aliphatic heterocycles. The van der Waals surface area contributed by atoms with E-state index in [1.807, 2.05) is 0 Å². The Balaban J connectivity index is 2.33. The minimum atomic E-state index is -1.42. The molecule has 1 aromatic carbocycles. The van der Waals surface area contributed by atoms with Crippen molar-refractivity contribution in [3.05, 3.63) is 41.5 Å². The first kappa shape index (κ1) is 17.6. The molecular weight excluding hydrogens is 318 g/mol. The van der Waals surface area contributed by atoms with Gasteiger partial charge in [-0.1, -0.05) is 12.1 Å². The van der Waals surface area contributed by atoms with Gasteiger partial charge in [0.2, 0.25) is 5.91 Å². The van der Waals surface area contributed by atoms with Crippen molar-refractivity contribution in [2.24, 2.45) is 5.73 Å². The molecule has 0 aliphatic rings. The Morgan fingerprint density at radius 3 is 2.38 bits per heavy atom. The number of nitrogens with one attached hydrogen (secondary N) is 1. The van der Waals surface area contributed by atoms with Gasteiger partial charge in [0, 0.05) is 11.6 Å². The number of aromatic hydroxyl groups is 3. The predicted molar refractivity (Wildman–Crippen MR) is 82.4 cm³/mol. The number of nitrogens with zero attached hydrogens (tertiary/aromatic N) is 1. The van der Waals surface area contributed by atoms with E-state index in [1.165, 1.54) is 18.2 Å². The zero-order valence-corrected chi connectivity index (χ0v) is 12.6. The minimum absolute atomic E-state index is 0.0755. The zero-order chi connectivity index (χ0) is 17.9. The molecule has 1 aromatic heterocycles. The minimum Gasteiger partial charge on any atom is -0.508 e. The number of aromatic nitrogens is 1. The fourth-order valence-corrected chi connectivity index (χ4v) is 2.43. The summed E-state index contributed by atoms with van der Waals surface area (Å²) in [6.07, 6.45) is -1.28. The lowest BCUT2D eigenvalue weighted by Gasteiger charge is -2.15. The van der Waals surface area contributed by atoms with Gasteiger partial charge in [0.25, 0.3) is 0 Å². The maximum Gasteiger partial charge on any atom is 0.225 e. The molecule has 0 spiro atoms. The van der Waals surface area contributed by atoms with Crippen molar-refractivity contribution < 1.29 is 30.4 Å². The molecule has 2 atom stereocenters. The van der Waals surface area contributed by atoms with Gasteiger partial charge in [-0.25, -0.2) is 0 Å². The second-order valence-electron chi connectivity index (χ2n) is 5.36. The van der Waals surface area contributed by atoms with Crippen LogP contribution in [0.3, 0.4) is 0 Å². The first-order valence-electron chi connectivity index (χ1n) is 7.09. The summed E-state index contributed by atoms with van der Waals surface area (Å²) < 4.78 is 0.927. The van der Waals surface area contributed by atoms with E-state index in [1.54, 1.807) is 17.6 Å². The van der Waals surface area contributed by atoms with E-state index < -0.39 is 29.8 Å². The van der Waals surface area contributed by atoms with Crippen LogP contribution in [-0.4, -0.2) is 42.3 Å². The van der Waals surface area contributed by atoms with E-state index in [-0.39, 0.29) is 24.3 Å². The van der Waals surface area contributed by atoms with E-state index in [9.17, 15) is 25.2 Å². The third-order valence-electron chi connectivity index (χ3n) is 3.67. The van der Waals surface area contributed by atoms with Crippen molar-refractivity contribution >= 4 is 5.91 Å². The Bertz CT molecular complexity index is 713. The topological polar surface area (TPSA) is 161 Å². The number of hydroxylamine groups is 1. The van der Waals surface area contributed by atoms with E-state index in [2.05, 4.69) is 0 Å². The van der Waals surface area contributed by atoms with Crippen molar-refractivity contribution in [2.75, 3.05) is 0 Å². The number of phenolic OH excluding ortho intramolecular Hbond substituents is 1. The van der Waals surface area contributed by atoms with Crippen LogP contribution >= 0.6 is 0 Å². The van der Waals surface area contributed by atoms with Crippen molar-refractivity contribution in [3.63, 3.8) is 0 Å². The molecule has 0 saturated heterocycles. The van der Waals surface area contributed by atoms with Gasteiger partial charge in [0.15, 0.2) is 11.8 Å². The number of nitrogens with two attached hydrogens (primary N) is 1. The van der Waals surface area contributed by atoms with Crippen LogP contribution in [0.5, 0.6) is 17.5 Å². The van der Waals surface area contributed by atoms with Crippen LogP contribution in [0, 0.1) is 0 Å². The van der Waals surface area contributed by atoms with E-state index in [0.717, 1.165) is 4.57 Å². The van der Waals surface area contributed by atoms with Crippen LogP contribution in [0.1, 0.15) is 17.0 Å². The predicted octanol–water partition coefficient (Wildman–Crippen LogP) is -0.286. The lowest BCUT2D eigenvalue weighted by Crippen LogP contribution is -2.30. The van der Waals surface area contributed by atoms with Crippen LogP contribution in [0.4, 0.5) is 0 Å². The second kappa shape index (κ2) is 7.21. The quantitative estimate of drug-likeness (QED) is 0.270. The third-order valence-corrected chi connectivity index (χ3v) is 3.67. The van der Waals surface area contributed by atoms with Gasteiger partial charge in [-0.3, -0.25) is 9.36 Å². The smallest absolute Gasteiger partial charge is 0.225 e. The number of aliphatic hydroxyl groups excluding tert-OH is 1. The summed E-state index contributed by atoms with van der Waals surface area (Å²) >= 11 is 0. The first-order chi connectivity index (χ1) is 11.3. The molecule has 2 aromatic rings. The highest BCUT2D eigenvalue weighted by Gasteiger charge is 2.27. The number of aliphatic hydroxyl groups is 1. The number of carbonyl (C=O) groups is 1. The fraction of sp³-hybridized carbons (Fsp3) is 0.267. The van der Waals surface area contributed by atoms with Crippen LogP contribution < -0.4 is 11.2 Å². The molecule has 0 unspecified atom stereocenters. The fourth-order valence-electron chi connectivity index (χ4n) is 2.43. The van der Waals surface area contributed by atoms with Gasteiger partial charge in [0.05, 0.1) is 12.5 Å². The van der Waals surface area contributed by atoms with Gasteiger partial charge >= 0.3 is 0 Å². The van der Waals surface area contributed by atoms with Gasteiger partial charge in [-0.2, -0.15) is 5.48 Å². The summed E-state index contributed by atoms with van der Waals surface area (Å²) in [4.78, 5) is 11.8. The first-order valence-corrected chi connectivity index (χ1v) is 7.09. The average Bonchev–Trinajstić information content (AvgIpc) is 2.81. The molecule has 130 valence electrons. The molecule has 0 aliphatic carbocycles. The number of phenols is 1. The highest BCUT2D eigenvalue weighted by atomic mass is 16.5. The number of primary amides is 1. The maximum atomic E-state index is 11.8. The number of benzene rings is 1. The van der Waals surface area contributed by atoms with Crippen molar-refractivity contribution in [3.8, 4) is 17.5 Å². The van der Waals surface area contributed by atoms with Gasteiger partial charge < -0.3 is 31.4 Å². The Labute approximate surface area is 137 Å². The largest absolute Gasteiger partial charge is 0.508 e. The number of amides is 1. The van der Waals surface area contributed by atoms with E-state index in [0.29, 0.717) is 5.56 Å². The molecule has 0 fully saturated rings. The molecule has 9 heteroatoms. The number of carbonyl (C=O) groups excluding carboxylic acids is 1. The van der Waals surface area contributed by atoms with E-state index >= 15 is 0 Å². The molecule has 1 amide bonds. The van der Waals surface area contributed by atoms with Gasteiger partial charge in [0.1, 0.15) is 12.0 Å². The molecule has 1 heterocycles. The number of hydrogen-bond donors (Lipinski definition) is 7. The van der Waals surface area contributed by atoms with Crippen LogP contribution in [-0.2, 0) is 17.8 Å². The summed E-state index contributed by atoms with van der Waals surface area (Å²) in [7, 11) is 0. The summed E-state index contributed by atoms with van der Waals surface area (Å²) in [5.41, 5.74) is 7.77. The Morgan fingerprint density at radius 1 is 1.21 bits per heavy atom. The van der Waals surface area contributed by atoms with Crippen LogP contribution in [0.15, 0.2) is 30.3 Å². The van der Waals surface area contributed by atoms with Crippen LogP contribution in [0.25, 0.3) is 0 Å². The lowest BCUT2D eigenvalue weighted by molar-refractivity contribution is -0.119. The van der Waals surface area contributed by atoms with Crippen molar-refractivity contribution in [1.82, 2.24) is 10.0 Å². The molecule has 0 saturated carbocycles. The van der Waals surface area contributed by atoms with Crippen LogP contribution in [0.2, 0.25) is 0 Å². The normalized spacial score (nSPS) is 13.6. The number of hydrogen-bond acceptors (Lipinski definition) is 7. The summed E-state index contributed by atoms with van der Waals surface area (Å²) in [6.45, 7) is -0.348. The van der Waals surface area contributed by atoms with Gasteiger partial charge in [-0.05, 0) is 24.1 Å². The second-order valence-corrected chi connectivity index (χ2v) is 5.36.